The van der Waals surface area contributed by atoms with Gasteiger partial charge in [-0.15, -0.1) is 0 Å². The summed E-state index contributed by atoms with van der Waals surface area (Å²) in [6.07, 6.45) is 0.0967. The third kappa shape index (κ3) is 3.75. The number of cyclic esters (lactones) is 1. The first-order chi connectivity index (χ1) is 10.7. The molecule has 1 aliphatic rings. The zero-order chi connectivity index (χ0) is 15.9. The highest BCUT2D eigenvalue weighted by Gasteiger charge is 2.31. The van der Waals surface area contributed by atoms with Crippen LogP contribution in [0, 0.1) is 0 Å². The summed E-state index contributed by atoms with van der Waals surface area (Å²) in [7, 11) is 0. The molecule has 1 heterocycles. The molecule has 0 saturated carbocycles. The van der Waals surface area contributed by atoms with Crippen molar-refractivity contribution in [3.8, 4) is 0 Å². The highest BCUT2D eigenvalue weighted by Crippen LogP contribution is 2.24. The van der Waals surface area contributed by atoms with Gasteiger partial charge in [-0.25, -0.2) is 4.79 Å². The number of rotatable bonds is 8. The van der Waals surface area contributed by atoms with Gasteiger partial charge in [-0.05, 0) is 31.2 Å². The van der Waals surface area contributed by atoms with Crippen LogP contribution in [0.3, 0.4) is 0 Å². The Morgan fingerprint density at radius 3 is 2.73 bits per heavy atom. The highest BCUT2D eigenvalue weighted by atomic mass is 16.6. The molecule has 0 bridgehead atoms. The number of amides is 2. The lowest BCUT2D eigenvalue weighted by Crippen LogP contribution is -2.28. The van der Waals surface area contributed by atoms with Gasteiger partial charge in [0.05, 0.1) is 13.2 Å². The van der Waals surface area contributed by atoms with E-state index in [1.54, 1.807) is 29.2 Å². The smallest absolute Gasteiger partial charge is 0.414 e. The van der Waals surface area contributed by atoms with Crippen molar-refractivity contribution in [2.24, 2.45) is 5.73 Å². The van der Waals surface area contributed by atoms with E-state index in [0.717, 1.165) is 17.8 Å². The molecule has 1 aliphatic heterocycles. The van der Waals surface area contributed by atoms with Gasteiger partial charge in [-0.1, -0.05) is 0 Å². The SMILES string of the molecule is CCOCCN(C=O)c1ccc(N2CC(CN)OC2=O)cc1. The van der Waals surface area contributed by atoms with Crippen molar-refractivity contribution >= 4 is 23.9 Å². The third-order valence-electron chi connectivity index (χ3n) is 3.44. The van der Waals surface area contributed by atoms with E-state index in [2.05, 4.69) is 0 Å². The van der Waals surface area contributed by atoms with Gasteiger partial charge in [0.15, 0.2) is 0 Å². The van der Waals surface area contributed by atoms with Crippen molar-refractivity contribution in [2.75, 3.05) is 42.6 Å². The molecular formula is C15H21N3O4. The number of ether oxygens (including phenoxy) is 2. The Morgan fingerprint density at radius 2 is 2.18 bits per heavy atom. The molecule has 120 valence electrons. The predicted octanol–water partition coefficient (Wildman–Crippen LogP) is 0.970. The predicted molar refractivity (Wildman–Crippen MR) is 83.0 cm³/mol. The zero-order valence-electron chi connectivity index (χ0n) is 12.6. The van der Waals surface area contributed by atoms with Crippen molar-refractivity contribution in [1.29, 1.82) is 0 Å². The molecule has 0 aliphatic carbocycles. The van der Waals surface area contributed by atoms with Crippen LogP contribution in [0.5, 0.6) is 0 Å². The first-order valence-electron chi connectivity index (χ1n) is 7.27. The summed E-state index contributed by atoms with van der Waals surface area (Å²) >= 11 is 0. The summed E-state index contributed by atoms with van der Waals surface area (Å²) < 4.78 is 10.4. The second kappa shape index (κ2) is 7.77. The molecule has 1 aromatic carbocycles. The average molecular weight is 307 g/mol. The van der Waals surface area contributed by atoms with E-state index < -0.39 is 6.09 Å². The summed E-state index contributed by atoms with van der Waals surface area (Å²) in [5, 5.41) is 0. The number of carbonyl (C=O) groups excluding carboxylic acids is 2. The van der Waals surface area contributed by atoms with Crippen LogP contribution in [0.15, 0.2) is 24.3 Å². The number of hydrogen-bond acceptors (Lipinski definition) is 5. The molecule has 1 aromatic rings. The Labute approximate surface area is 129 Å². The molecule has 0 spiro atoms. The number of anilines is 2. The van der Waals surface area contributed by atoms with Crippen molar-refractivity contribution in [3.05, 3.63) is 24.3 Å². The minimum absolute atomic E-state index is 0.273. The third-order valence-corrected chi connectivity index (χ3v) is 3.44. The maximum Gasteiger partial charge on any atom is 0.414 e. The van der Waals surface area contributed by atoms with Gasteiger partial charge in [-0.3, -0.25) is 9.69 Å². The second-order valence-corrected chi connectivity index (χ2v) is 4.86. The number of nitrogens with zero attached hydrogens (tertiary/aromatic N) is 2. The molecule has 7 nitrogen and oxygen atoms in total. The Morgan fingerprint density at radius 1 is 1.45 bits per heavy atom. The van der Waals surface area contributed by atoms with Crippen LogP contribution < -0.4 is 15.5 Å². The van der Waals surface area contributed by atoms with Crippen LogP contribution in [-0.4, -0.2) is 51.5 Å². The number of hydrogen-bond donors (Lipinski definition) is 1. The van der Waals surface area contributed by atoms with Gasteiger partial charge in [0, 0.05) is 31.1 Å². The molecule has 0 aromatic heterocycles. The van der Waals surface area contributed by atoms with Crippen molar-refractivity contribution < 1.29 is 19.1 Å². The largest absolute Gasteiger partial charge is 0.443 e. The standard InChI is InChI=1S/C15H21N3O4/c1-2-21-8-7-17(11-19)12-3-5-13(6-4-12)18-10-14(9-16)22-15(18)20/h3-6,11,14H,2,7-10,16H2,1H3. The lowest BCUT2D eigenvalue weighted by atomic mass is 10.2. The first kappa shape index (κ1) is 16.3. The maximum atomic E-state index is 11.8. The monoisotopic (exact) mass is 307 g/mol. The molecule has 0 radical (unpaired) electrons. The van der Waals surface area contributed by atoms with E-state index in [9.17, 15) is 9.59 Å². The topological polar surface area (TPSA) is 85.1 Å². The van der Waals surface area contributed by atoms with E-state index in [-0.39, 0.29) is 6.10 Å². The van der Waals surface area contributed by atoms with Crippen molar-refractivity contribution in [3.63, 3.8) is 0 Å². The number of nitrogens with two attached hydrogens (primary N) is 1. The van der Waals surface area contributed by atoms with Crippen LogP contribution in [0.2, 0.25) is 0 Å². The average Bonchev–Trinajstić information content (AvgIpc) is 2.93. The van der Waals surface area contributed by atoms with Crippen LogP contribution in [0.25, 0.3) is 0 Å². The fourth-order valence-corrected chi connectivity index (χ4v) is 2.23. The van der Waals surface area contributed by atoms with Gasteiger partial charge in [0.2, 0.25) is 6.41 Å². The second-order valence-electron chi connectivity index (χ2n) is 4.86. The van der Waals surface area contributed by atoms with E-state index in [0.29, 0.717) is 32.8 Å². The van der Waals surface area contributed by atoms with Gasteiger partial charge in [0.1, 0.15) is 6.10 Å². The summed E-state index contributed by atoms with van der Waals surface area (Å²) in [5.41, 5.74) is 6.99. The molecule has 1 unspecified atom stereocenters. The molecule has 22 heavy (non-hydrogen) atoms. The Kier molecular flexibility index (Phi) is 5.74. The summed E-state index contributed by atoms with van der Waals surface area (Å²) in [6, 6.07) is 7.15. The minimum Gasteiger partial charge on any atom is -0.443 e. The fraction of sp³-hybridized carbons (Fsp3) is 0.467. The van der Waals surface area contributed by atoms with E-state index in [1.807, 2.05) is 6.92 Å². The maximum absolute atomic E-state index is 11.8. The van der Waals surface area contributed by atoms with Gasteiger partial charge in [-0.2, -0.15) is 0 Å². The lowest BCUT2D eigenvalue weighted by Gasteiger charge is -2.19. The lowest BCUT2D eigenvalue weighted by molar-refractivity contribution is -0.107. The van der Waals surface area contributed by atoms with Crippen molar-refractivity contribution in [2.45, 2.75) is 13.0 Å². The molecule has 7 heteroatoms. The van der Waals surface area contributed by atoms with Gasteiger partial charge in [0.25, 0.3) is 0 Å². The zero-order valence-corrected chi connectivity index (χ0v) is 12.6. The van der Waals surface area contributed by atoms with Gasteiger partial charge >= 0.3 is 6.09 Å². The minimum atomic E-state index is -0.396. The molecule has 2 rings (SSSR count). The van der Waals surface area contributed by atoms with E-state index >= 15 is 0 Å². The molecular weight excluding hydrogens is 286 g/mol. The van der Waals surface area contributed by atoms with E-state index in [4.69, 9.17) is 15.2 Å². The van der Waals surface area contributed by atoms with Crippen LogP contribution in [0.1, 0.15) is 6.92 Å². The van der Waals surface area contributed by atoms with Crippen molar-refractivity contribution in [1.82, 2.24) is 0 Å². The quantitative estimate of drug-likeness (QED) is 0.571. The Hall–Kier alpha value is -2.12. The molecule has 1 fully saturated rings. The molecule has 2 amide bonds. The Bertz CT molecular complexity index is 506. The number of benzene rings is 1. The number of carbonyl (C=O) groups is 2. The van der Waals surface area contributed by atoms with Crippen LogP contribution >= 0.6 is 0 Å². The summed E-state index contributed by atoms with van der Waals surface area (Å²) in [5.74, 6) is 0. The summed E-state index contributed by atoms with van der Waals surface area (Å²) in [4.78, 5) is 26.0. The first-order valence-corrected chi connectivity index (χ1v) is 7.27. The molecule has 2 N–H and O–H groups in total. The Balaban J connectivity index is 2.03. The highest BCUT2D eigenvalue weighted by molar-refractivity contribution is 5.90. The van der Waals surface area contributed by atoms with Gasteiger partial charge < -0.3 is 20.1 Å². The van der Waals surface area contributed by atoms with Crippen LogP contribution in [-0.2, 0) is 14.3 Å². The summed E-state index contributed by atoms with van der Waals surface area (Å²) in [6.45, 7) is 4.23. The molecule has 1 atom stereocenters. The molecule has 1 saturated heterocycles. The van der Waals surface area contributed by atoms with Crippen LogP contribution in [0.4, 0.5) is 16.2 Å². The van der Waals surface area contributed by atoms with E-state index in [1.165, 1.54) is 4.90 Å². The normalized spacial score (nSPS) is 17.5. The fourth-order valence-electron chi connectivity index (χ4n) is 2.23.